The van der Waals surface area contributed by atoms with Gasteiger partial charge in [0.1, 0.15) is 11.6 Å². The minimum absolute atomic E-state index is 0.456. The molecule has 4 nitrogen and oxygen atoms in total. The molecule has 0 spiro atoms. The number of aromatic nitrogens is 1. The summed E-state index contributed by atoms with van der Waals surface area (Å²) < 4.78 is 0. The Balaban J connectivity index is 1.84. The van der Waals surface area contributed by atoms with E-state index >= 15 is 0 Å². The number of nitrogens with zero attached hydrogens (tertiary/aromatic N) is 2. The number of hydrogen-bond acceptors (Lipinski definition) is 4. The SMILES string of the molecule is CNc1ncc(-c2ccc3c(c2C)N(C2CC2)CC(O)=C3)cc1C. The van der Waals surface area contributed by atoms with E-state index < -0.39 is 0 Å². The molecule has 2 N–H and O–H groups in total. The quantitative estimate of drug-likeness (QED) is 0.885. The van der Waals surface area contributed by atoms with Crippen LogP contribution in [-0.2, 0) is 0 Å². The number of rotatable bonds is 3. The van der Waals surface area contributed by atoms with Crippen molar-refractivity contribution in [2.45, 2.75) is 32.7 Å². The zero-order valence-electron chi connectivity index (χ0n) is 14.4. The Morgan fingerprint density at radius 3 is 2.71 bits per heavy atom. The third-order valence-corrected chi connectivity index (χ3v) is 5.02. The van der Waals surface area contributed by atoms with Crippen molar-refractivity contribution in [2.24, 2.45) is 0 Å². The topological polar surface area (TPSA) is 48.4 Å². The number of nitrogens with one attached hydrogen (secondary N) is 1. The minimum Gasteiger partial charge on any atom is -0.510 e. The third kappa shape index (κ3) is 2.42. The lowest BCUT2D eigenvalue weighted by atomic mass is 9.94. The predicted octanol–water partition coefficient (Wildman–Crippen LogP) is 4.29. The highest BCUT2D eigenvalue weighted by atomic mass is 16.3. The number of anilines is 2. The molecule has 0 unspecified atom stereocenters. The van der Waals surface area contributed by atoms with Crippen LogP contribution < -0.4 is 10.2 Å². The van der Waals surface area contributed by atoms with Gasteiger partial charge in [-0.15, -0.1) is 0 Å². The van der Waals surface area contributed by atoms with E-state index in [-0.39, 0.29) is 0 Å². The van der Waals surface area contributed by atoms with Crippen LogP contribution in [0.5, 0.6) is 0 Å². The van der Waals surface area contributed by atoms with Crippen LogP contribution in [0.4, 0.5) is 11.5 Å². The van der Waals surface area contributed by atoms with Gasteiger partial charge in [0, 0.05) is 36.1 Å². The first-order valence-corrected chi connectivity index (χ1v) is 8.53. The van der Waals surface area contributed by atoms with Crippen LogP contribution in [0.1, 0.15) is 29.5 Å². The lowest BCUT2D eigenvalue weighted by Crippen LogP contribution is -2.31. The highest BCUT2D eigenvalue weighted by molar-refractivity contribution is 5.83. The maximum Gasteiger partial charge on any atom is 0.128 e. The molecule has 1 aromatic carbocycles. The second-order valence-electron chi connectivity index (χ2n) is 6.81. The van der Waals surface area contributed by atoms with E-state index in [9.17, 15) is 5.11 Å². The van der Waals surface area contributed by atoms with E-state index in [0.29, 0.717) is 18.3 Å². The molecule has 0 saturated heterocycles. The fraction of sp³-hybridized carbons (Fsp3) is 0.350. The average molecular weight is 321 g/mol. The molecule has 1 fully saturated rings. The summed E-state index contributed by atoms with van der Waals surface area (Å²) in [6.07, 6.45) is 6.27. The van der Waals surface area contributed by atoms with Gasteiger partial charge in [0.05, 0.1) is 6.54 Å². The maximum absolute atomic E-state index is 10.1. The summed E-state index contributed by atoms with van der Waals surface area (Å²) in [6, 6.07) is 7.01. The molecule has 0 bridgehead atoms. The smallest absolute Gasteiger partial charge is 0.128 e. The molecule has 1 aliphatic heterocycles. The molecule has 0 radical (unpaired) electrons. The van der Waals surface area contributed by atoms with Crippen molar-refractivity contribution < 1.29 is 5.11 Å². The average Bonchev–Trinajstić information content (AvgIpc) is 3.39. The standard InChI is InChI=1S/C20H23N3O/c1-12-8-15(10-22-20(12)21-3)18-7-4-14-9-17(24)11-23(16-5-6-16)19(14)13(18)2/h4,7-10,16,24H,5-6,11H2,1-3H3,(H,21,22). The molecular weight excluding hydrogens is 298 g/mol. The van der Waals surface area contributed by atoms with Crippen LogP contribution in [0, 0.1) is 13.8 Å². The van der Waals surface area contributed by atoms with E-state index in [4.69, 9.17) is 0 Å². The Kier molecular flexibility index (Phi) is 3.48. The number of fused-ring (bicyclic) bond motifs is 1. The molecular formula is C20H23N3O. The predicted molar refractivity (Wildman–Crippen MR) is 99.7 cm³/mol. The number of aliphatic hydroxyl groups excluding tert-OH is 1. The molecule has 0 atom stereocenters. The van der Waals surface area contributed by atoms with Crippen LogP contribution in [0.25, 0.3) is 17.2 Å². The zero-order valence-corrected chi connectivity index (χ0v) is 14.4. The third-order valence-electron chi connectivity index (χ3n) is 5.02. The first kappa shape index (κ1) is 15.1. The molecule has 0 amide bonds. The zero-order chi connectivity index (χ0) is 16.8. The maximum atomic E-state index is 10.1. The summed E-state index contributed by atoms with van der Waals surface area (Å²) in [6.45, 7) is 4.88. The normalized spacial score (nSPS) is 16.6. The van der Waals surface area contributed by atoms with Crippen molar-refractivity contribution in [2.75, 3.05) is 23.8 Å². The van der Waals surface area contributed by atoms with Crippen molar-refractivity contribution in [3.63, 3.8) is 0 Å². The van der Waals surface area contributed by atoms with E-state index in [1.807, 2.05) is 19.3 Å². The summed E-state index contributed by atoms with van der Waals surface area (Å²) >= 11 is 0. The van der Waals surface area contributed by atoms with E-state index in [1.165, 1.54) is 29.7 Å². The molecule has 24 heavy (non-hydrogen) atoms. The van der Waals surface area contributed by atoms with Crippen LogP contribution >= 0.6 is 0 Å². The van der Waals surface area contributed by atoms with Gasteiger partial charge in [0.25, 0.3) is 0 Å². The molecule has 4 rings (SSSR count). The Morgan fingerprint density at radius 2 is 2.04 bits per heavy atom. The van der Waals surface area contributed by atoms with E-state index in [1.54, 1.807) is 0 Å². The highest BCUT2D eigenvalue weighted by Crippen LogP contribution is 2.42. The Hall–Kier alpha value is -2.49. The molecule has 4 heteroatoms. The summed E-state index contributed by atoms with van der Waals surface area (Å²) in [5, 5.41) is 13.2. The molecule has 2 heterocycles. The Morgan fingerprint density at radius 1 is 1.25 bits per heavy atom. The van der Waals surface area contributed by atoms with Crippen molar-refractivity contribution in [1.82, 2.24) is 4.98 Å². The minimum atomic E-state index is 0.456. The number of aliphatic hydroxyl groups is 1. The molecule has 1 aliphatic carbocycles. The van der Waals surface area contributed by atoms with Crippen molar-refractivity contribution in [3.8, 4) is 11.1 Å². The number of aryl methyl sites for hydroxylation is 1. The van der Waals surface area contributed by atoms with Gasteiger partial charge < -0.3 is 15.3 Å². The fourth-order valence-electron chi connectivity index (χ4n) is 3.69. The monoisotopic (exact) mass is 321 g/mol. The van der Waals surface area contributed by atoms with Gasteiger partial charge in [-0.3, -0.25) is 0 Å². The number of hydrogen-bond donors (Lipinski definition) is 2. The Bertz CT molecular complexity index is 837. The first-order chi connectivity index (χ1) is 11.6. The molecule has 1 saturated carbocycles. The van der Waals surface area contributed by atoms with Gasteiger partial charge in [0.2, 0.25) is 0 Å². The van der Waals surface area contributed by atoms with Crippen molar-refractivity contribution >= 4 is 17.6 Å². The Labute approximate surface area is 142 Å². The van der Waals surface area contributed by atoms with Gasteiger partial charge in [-0.25, -0.2) is 4.98 Å². The second-order valence-corrected chi connectivity index (χ2v) is 6.81. The van der Waals surface area contributed by atoms with Crippen LogP contribution in [0.2, 0.25) is 0 Å². The summed E-state index contributed by atoms with van der Waals surface area (Å²) in [4.78, 5) is 6.89. The van der Waals surface area contributed by atoms with E-state index in [2.05, 4.69) is 47.2 Å². The number of benzene rings is 1. The van der Waals surface area contributed by atoms with Crippen LogP contribution in [0.15, 0.2) is 30.2 Å². The van der Waals surface area contributed by atoms with Crippen molar-refractivity contribution in [1.29, 1.82) is 0 Å². The second kappa shape index (κ2) is 5.55. The lowest BCUT2D eigenvalue weighted by molar-refractivity contribution is 0.401. The van der Waals surface area contributed by atoms with Crippen molar-refractivity contribution in [3.05, 3.63) is 46.8 Å². The highest BCUT2D eigenvalue weighted by Gasteiger charge is 2.34. The van der Waals surface area contributed by atoms with Gasteiger partial charge >= 0.3 is 0 Å². The van der Waals surface area contributed by atoms with Gasteiger partial charge in [-0.2, -0.15) is 0 Å². The van der Waals surface area contributed by atoms with E-state index in [0.717, 1.165) is 22.5 Å². The lowest BCUT2D eigenvalue weighted by Gasteiger charge is -2.32. The molecule has 1 aromatic heterocycles. The summed E-state index contributed by atoms with van der Waals surface area (Å²) in [5.41, 5.74) is 7.14. The molecule has 2 aliphatic rings. The molecule has 124 valence electrons. The summed E-state index contributed by atoms with van der Waals surface area (Å²) in [7, 11) is 1.89. The first-order valence-electron chi connectivity index (χ1n) is 8.53. The van der Waals surface area contributed by atoms with Crippen LogP contribution in [0.3, 0.4) is 0 Å². The van der Waals surface area contributed by atoms with Gasteiger partial charge in [-0.05, 0) is 55.5 Å². The van der Waals surface area contributed by atoms with Gasteiger partial charge in [0.15, 0.2) is 0 Å². The number of pyridine rings is 1. The van der Waals surface area contributed by atoms with Crippen LogP contribution in [-0.4, -0.2) is 29.7 Å². The van der Waals surface area contributed by atoms with Gasteiger partial charge in [-0.1, -0.05) is 12.1 Å². The molecule has 2 aromatic rings. The largest absolute Gasteiger partial charge is 0.510 e. The fourth-order valence-corrected chi connectivity index (χ4v) is 3.69. The summed E-state index contributed by atoms with van der Waals surface area (Å²) in [5.74, 6) is 1.37.